The Labute approximate surface area is 116 Å². The van der Waals surface area contributed by atoms with E-state index in [4.69, 9.17) is 4.74 Å². The lowest BCUT2D eigenvalue weighted by molar-refractivity contribution is -0.122. The third-order valence-corrected chi connectivity index (χ3v) is 2.95. The molecule has 0 saturated carbocycles. The van der Waals surface area contributed by atoms with Crippen LogP contribution >= 0.6 is 0 Å². The van der Waals surface area contributed by atoms with Crippen molar-refractivity contribution in [1.82, 2.24) is 25.5 Å². The zero-order valence-corrected chi connectivity index (χ0v) is 11.5. The van der Waals surface area contributed by atoms with Crippen LogP contribution in [0.5, 0.6) is 5.75 Å². The first-order valence-corrected chi connectivity index (χ1v) is 6.37. The smallest absolute Gasteiger partial charge is 0.242 e. The molecule has 0 radical (unpaired) electrons. The van der Waals surface area contributed by atoms with Gasteiger partial charge in [0.1, 0.15) is 18.6 Å². The Bertz CT molecular complexity index is 556. The molecule has 1 N–H and O–H groups in total. The van der Waals surface area contributed by atoms with Gasteiger partial charge in [0, 0.05) is 5.56 Å². The van der Waals surface area contributed by atoms with Crippen LogP contribution in [-0.2, 0) is 11.3 Å². The summed E-state index contributed by atoms with van der Waals surface area (Å²) < 4.78 is 6.71. The van der Waals surface area contributed by atoms with Gasteiger partial charge in [-0.25, -0.2) is 4.68 Å². The van der Waals surface area contributed by atoms with Gasteiger partial charge in [-0.2, -0.15) is 0 Å². The van der Waals surface area contributed by atoms with E-state index in [2.05, 4.69) is 20.8 Å². The molecule has 1 aromatic heterocycles. The maximum Gasteiger partial charge on any atom is 0.242 e. The van der Waals surface area contributed by atoms with E-state index in [1.54, 1.807) is 7.11 Å². The van der Waals surface area contributed by atoms with Gasteiger partial charge in [0.05, 0.1) is 13.2 Å². The number of carbonyl (C=O) groups excluding carboxylic acids is 1. The number of methoxy groups -OCH3 is 1. The minimum Gasteiger partial charge on any atom is -0.496 e. The van der Waals surface area contributed by atoms with Crippen LogP contribution in [0.25, 0.3) is 0 Å². The van der Waals surface area contributed by atoms with Crippen LogP contribution in [0.2, 0.25) is 0 Å². The summed E-state index contributed by atoms with van der Waals surface area (Å²) in [5.74, 6) is 0.622. The highest BCUT2D eigenvalue weighted by Gasteiger charge is 2.16. The van der Waals surface area contributed by atoms with Crippen LogP contribution in [0.15, 0.2) is 30.6 Å². The van der Waals surface area contributed by atoms with Gasteiger partial charge in [0.25, 0.3) is 0 Å². The van der Waals surface area contributed by atoms with E-state index in [0.717, 1.165) is 17.7 Å². The first-order valence-electron chi connectivity index (χ1n) is 6.37. The SMILES string of the molecule is CC[C@@H](NC(=O)Cn1cnnn1)c1ccccc1OC. The number of benzene rings is 1. The average Bonchev–Trinajstić information content (AvgIpc) is 2.97. The lowest BCUT2D eigenvalue weighted by Crippen LogP contribution is -2.31. The largest absolute Gasteiger partial charge is 0.496 e. The first kappa shape index (κ1) is 14.0. The summed E-state index contributed by atoms with van der Waals surface area (Å²) in [7, 11) is 1.62. The van der Waals surface area contributed by atoms with Crippen LogP contribution in [0.3, 0.4) is 0 Å². The third kappa shape index (κ3) is 3.31. The van der Waals surface area contributed by atoms with Gasteiger partial charge in [-0.3, -0.25) is 4.79 Å². The molecule has 0 unspecified atom stereocenters. The Kier molecular flexibility index (Phi) is 4.65. The number of carbonyl (C=O) groups is 1. The molecule has 0 aliphatic carbocycles. The normalized spacial score (nSPS) is 11.9. The summed E-state index contributed by atoms with van der Waals surface area (Å²) in [6, 6.07) is 7.55. The predicted octanol–water partition coefficient (Wildman–Crippen LogP) is 0.949. The molecule has 0 spiro atoms. The zero-order valence-electron chi connectivity index (χ0n) is 11.5. The summed E-state index contributed by atoms with van der Waals surface area (Å²) in [6.45, 7) is 2.10. The fraction of sp³-hybridized carbons (Fsp3) is 0.385. The second-order valence-corrected chi connectivity index (χ2v) is 4.28. The highest BCUT2D eigenvalue weighted by Crippen LogP contribution is 2.26. The summed E-state index contributed by atoms with van der Waals surface area (Å²) in [5, 5.41) is 13.6. The molecule has 1 heterocycles. The summed E-state index contributed by atoms with van der Waals surface area (Å²) in [4.78, 5) is 12.0. The number of para-hydroxylation sites is 1. The van der Waals surface area contributed by atoms with Crippen molar-refractivity contribution in [2.75, 3.05) is 7.11 Å². The predicted molar refractivity (Wildman–Crippen MR) is 72.0 cm³/mol. The summed E-state index contributed by atoms with van der Waals surface area (Å²) in [6.07, 6.45) is 2.17. The monoisotopic (exact) mass is 275 g/mol. The van der Waals surface area contributed by atoms with E-state index < -0.39 is 0 Å². The van der Waals surface area contributed by atoms with E-state index in [1.165, 1.54) is 11.0 Å². The van der Waals surface area contributed by atoms with E-state index >= 15 is 0 Å². The average molecular weight is 275 g/mol. The van der Waals surface area contributed by atoms with Crippen LogP contribution in [0.1, 0.15) is 24.9 Å². The molecule has 7 nitrogen and oxygen atoms in total. The van der Waals surface area contributed by atoms with Crippen molar-refractivity contribution >= 4 is 5.91 Å². The molecule has 0 fully saturated rings. The zero-order chi connectivity index (χ0) is 14.4. The molecular formula is C13H17N5O2. The van der Waals surface area contributed by atoms with E-state index in [9.17, 15) is 4.79 Å². The minimum atomic E-state index is -0.143. The second-order valence-electron chi connectivity index (χ2n) is 4.28. The Morgan fingerprint density at radius 1 is 1.45 bits per heavy atom. The number of nitrogens with zero attached hydrogens (tertiary/aromatic N) is 4. The van der Waals surface area contributed by atoms with Crippen molar-refractivity contribution in [2.45, 2.75) is 25.9 Å². The number of tetrazole rings is 1. The third-order valence-electron chi connectivity index (χ3n) is 2.95. The number of rotatable bonds is 6. The summed E-state index contributed by atoms with van der Waals surface area (Å²) in [5.41, 5.74) is 0.961. The van der Waals surface area contributed by atoms with E-state index in [0.29, 0.717) is 0 Å². The minimum absolute atomic E-state index is 0.0959. The molecule has 2 rings (SSSR count). The molecular weight excluding hydrogens is 258 g/mol. The van der Waals surface area contributed by atoms with Crippen molar-refractivity contribution < 1.29 is 9.53 Å². The van der Waals surface area contributed by atoms with E-state index in [-0.39, 0.29) is 18.5 Å². The molecule has 1 aromatic carbocycles. The molecule has 0 bridgehead atoms. The molecule has 1 atom stereocenters. The summed E-state index contributed by atoms with van der Waals surface area (Å²) >= 11 is 0. The number of aromatic nitrogens is 4. The molecule has 106 valence electrons. The fourth-order valence-corrected chi connectivity index (χ4v) is 1.99. The van der Waals surface area contributed by atoms with Crippen molar-refractivity contribution in [3.05, 3.63) is 36.2 Å². The van der Waals surface area contributed by atoms with Gasteiger partial charge in [0.15, 0.2) is 0 Å². The van der Waals surface area contributed by atoms with Crippen molar-refractivity contribution in [2.24, 2.45) is 0 Å². The van der Waals surface area contributed by atoms with Crippen molar-refractivity contribution in [3.8, 4) is 5.75 Å². The number of hydrogen-bond acceptors (Lipinski definition) is 5. The Morgan fingerprint density at radius 2 is 2.25 bits per heavy atom. The van der Waals surface area contributed by atoms with Gasteiger partial charge in [0.2, 0.25) is 5.91 Å². The first-order chi connectivity index (χ1) is 9.74. The van der Waals surface area contributed by atoms with E-state index in [1.807, 2.05) is 31.2 Å². The molecule has 20 heavy (non-hydrogen) atoms. The molecule has 0 aliphatic heterocycles. The lowest BCUT2D eigenvalue weighted by atomic mass is 10.0. The lowest BCUT2D eigenvalue weighted by Gasteiger charge is -2.19. The maximum atomic E-state index is 12.0. The standard InChI is InChI=1S/C13H17N5O2/c1-3-11(10-6-4-5-7-12(10)20-2)15-13(19)8-18-9-14-16-17-18/h4-7,9,11H,3,8H2,1-2H3,(H,15,19)/t11-/m1/s1. The maximum absolute atomic E-state index is 12.0. The number of amides is 1. The quantitative estimate of drug-likeness (QED) is 0.848. The second kappa shape index (κ2) is 6.65. The number of hydrogen-bond donors (Lipinski definition) is 1. The number of nitrogens with one attached hydrogen (secondary N) is 1. The molecule has 0 saturated heterocycles. The molecule has 0 aliphatic rings. The van der Waals surface area contributed by atoms with Gasteiger partial charge in [-0.05, 0) is 22.9 Å². The van der Waals surface area contributed by atoms with Crippen LogP contribution < -0.4 is 10.1 Å². The molecule has 7 heteroatoms. The molecule has 1 amide bonds. The van der Waals surface area contributed by atoms with Crippen LogP contribution in [0.4, 0.5) is 0 Å². The Morgan fingerprint density at radius 3 is 2.90 bits per heavy atom. The topological polar surface area (TPSA) is 81.9 Å². The number of ether oxygens (including phenoxy) is 1. The van der Waals surface area contributed by atoms with Crippen molar-refractivity contribution in [1.29, 1.82) is 0 Å². The van der Waals surface area contributed by atoms with Crippen LogP contribution in [-0.4, -0.2) is 33.2 Å². The molecule has 2 aromatic rings. The Hall–Kier alpha value is -2.44. The van der Waals surface area contributed by atoms with Crippen LogP contribution in [0, 0.1) is 0 Å². The Balaban J connectivity index is 2.06. The highest BCUT2D eigenvalue weighted by molar-refractivity contribution is 5.76. The van der Waals surface area contributed by atoms with Gasteiger partial charge < -0.3 is 10.1 Å². The van der Waals surface area contributed by atoms with Gasteiger partial charge >= 0.3 is 0 Å². The van der Waals surface area contributed by atoms with Gasteiger partial charge in [-0.1, -0.05) is 25.1 Å². The van der Waals surface area contributed by atoms with Crippen molar-refractivity contribution in [3.63, 3.8) is 0 Å². The highest BCUT2D eigenvalue weighted by atomic mass is 16.5. The van der Waals surface area contributed by atoms with Gasteiger partial charge in [-0.15, -0.1) is 5.10 Å². The fourth-order valence-electron chi connectivity index (χ4n) is 1.99.